The summed E-state index contributed by atoms with van der Waals surface area (Å²) in [4.78, 5) is 2.16. The number of halogens is 2. The van der Waals surface area contributed by atoms with Gasteiger partial charge < -0.3 is 10.6 Å². The smallest absolute Gasteiger partial charge is 0.123 e. The van der Waals surface area contributed by atoms with Crippen LogP contribution in [0.4, 0.5) is 4.39 Å². The maximum Gasteiger partial charge on any atom is 0.123 e. The molecule has 2 N–H and O–H groups in total. The van der Waals surface area contributed by atoms with Gasteiger partial charge in [-0.05, 0) is 55.4 Å². The molecule has 0 aromatic heterocycles. The highest BCUT2D eigenvalue weighted by Crippen LogP contribution is 2.19. The van der Waals surface area contributed by atoms with Crippen LogP contribution >= 0.6 is 15.9 Å². The maximum absolute atomic E-state index is 13.1. The minimum absolute atomic E-state index is 0.0115. The minimum atomic E-state index is -0.188. The average Bonchev–Trinajstić information content (AvgIpc) is 2.45. The first-order chi connectivity index (χ1) is 10.0. The van der Waals surface area contributed by atoms with Crippen molar-refractivity contribution in [2.75, 3.05) is 13.6 Å². The molecule has 2 nitrogen and oxygen atoms in total. The fourth-order valence-electron chi connectivity index (χ4n) is 2.29. The number of rotatable bonds is 6. The SMILES string of the molecule is CN(CCC(N)c1cccc(Br)c1)Cc1cccc(F)c1. The van der Waals surface area contributed by atoms with Crippen LogP contribution in [0.25, 0.3) is 0 Å². The van der Waals surface area contributed by atoms with Gasteiger partial charge in [0, 0.05) is 17.1 Å². The zero-order chi connectivity index (χ0) is 15.2. The molecule has 1 unspecified atom stereocenters. The van der Waals surface area contributed by atoms with Crippen molar-refractivity contribution in [2.45, 2.75) is 19.0 Å². The van der Waals surface area contributed by atoms with Crippen LogP contribution in [-0.2, 0) is 6.54 Å². The van der Waals surface area contributed by atoms with E-state index in [0.717, 1.165) is 35.1 Å². The minimum Gasteiger partial charge on any atom is -0.324 e. The van der Waals surface area contributed by atoms with Gasteiger partial charge in [-0.25, -0.2) is 4.39 Å². The third-order valence-corrected chi connectivity index (χ3v) is 3.93. The van der Waals surface area contributed by atoms with E-state index in [1.807, 2.05) is 31.3 Å². The summed E-state index contributed by atoms with van der Waals surface area (Å²) < 4.78 is 14.2. The van der Waals surface area contributed by atoms with Gasteiger partial charge in [-0.15, -0.1) is 0 Å². The summed E-state index contributed by atoms with van der Waals surface area (Å²) in [5, 5.41) is 0. The average molecular weight is 351 g/mol. The van der Waals surface area contributed by atoms with Crippen molar-refractivity contribution in [1.29, 1.82) is 0 Å². The Morgan fingerprint density at radius 1 is 1.19 bits per heavy atom. The maximum atomic E-state index is 13.1. The van der Waals surface area contributed by atoms with E-state index in [4.69, 9.17) is 5.73 Å². The number of benzene rings is 2. The van der Waals surface area contributed by atoms with Crippen LogP contribution in [0.5, 0.6) is 0 Å². The van der Waals surface area contributed by atoms with Gasteiger partial charge in [-0.1, -0.05) is 40.2 Å². The summed E-state index contributed by atoms with van der Waals surface area (Å²) in [6.45, 7) is 1.59. The van der Waals surface area contributed by atoms with Crippen LogP contribution < -0.4 is 5.73 Å². The normalized spacial score (nSPS) is 12.6. The highest BCUT2D eigenvalue weighted by Gasteiger charge is 2.08. The second kappa shape index (κ2) is 7.69. The van der Waals surface area contributed by atoms with Crippen molar-refractivity contribution in [2.24, 2.45) is 5.73 Å². The number of hydrogen-bond acceptors (Lipinski definition) is 2. The molecule has 0 saturated carbocycles. The summed E-state index contributed by atoms with van der Waals surface area (Å²) in [5.74, 6) is -0.188. The molecule has 0 amide bonds. The van der Waals surface area contributed by atoms with Crippen molar-refractivity contribution >= 4 is 15.9 Å². The van der Waals surface area contributed by atoms with Gasteiger partial charge >= 0.3 is 0 Å². The van der Waals surface area contributed by atoms with E-state index in [9.17, 15) is 4.39 Å². The van der Waals surface area contributed by atoms with Crippen LogP contribution in [0.2, 0.25) is 0 Å². The van der Waals surface area contributed by atoms with Crippen molar-refractivity contribution in [3.05, 3.63) is 69.9 Å². The summed E-state index contributed by atoms with van der Waals surface area (Å²) in [5.41, 5.74) is 8.33. The molecule has 0 aliphatic rings. The van der Waals surface area contributed by atoms with E-state index in [-0.39, 0.29) is 11.9 Å². The zero-order valence-electron chi connectivity index (χ0n) is 12.1. The van der Waals surface area contributed by atoms with Crippen molar-refractivity contribution in [3.63, 3.8) is 0 Å². The Balaban J connectivity index is 1.85. The summed E-state index contributed by atoms with van der Waals surface area (Å²) in [6.07, 6.45) is 0.863. The molecule has 0 radical (unpaired) electrons. The second-order valence-electron chi connectivity index (χ2n) is 5.32. The Morgan fingerprint density at radius 2 is 1.95 bits per heavy atom. The van der Waals surface area contributed by atoms with E-state index in [1.54, 1.807) is 12.1 Å². The van der Waals surface area contributed by atoms with E-state index >= 15 is 0 Å². The Morgan fingerprint density at radius 3 is 2.67 bits per heavy atom. The standard InChI is InChI=1S/C17H20BrFN2/c1-21(12-13-4-2-7-16(19)10-13)9-8-17(20)14-5-3-6-15(18)11-14/h2-7,10-11,17H,8-9,12,20H2,1H3. The van der Waals surface area contributed by atoms with Crippen LogP contribution in [0.15, 0.2) is 53.0 Å². The van der Waals surface area contributed by atoms with Crippen molar-refractivity contribution < 1.29 is 4.39 Å². The quantitative estimate of drug-likeness (QED) is 0.849. The van der Waals surface area contributed by atoms with E-state index in [1.165, 1.54) is 6.07 Å². The molecule has 21 heavy (non-hydrogen) atoms. The predicted molar refractivity (Wildman–Crippen MR) is 88.4 cm³/mol. The lowest BCUT2D eigenvalue weighted by Crippen LogP contribution is -2.23. The molecule has 4 heteroatoms. The lowest BCUT2D eigenvalue weighted by atomic mass is 10.0. The van der Waals surface area contributed by atoms with E-state index in [0.29, 0.717) is 0 Å². The van der Waals surface area contributed by atoms with Crippen molar-refractivity contribution in [3.8, 4) is 0 Å². The Kier molecular flexibility index (Phi) is 5.91. The van der Waals surface area contributed by atoms with Crippen LogP contribution in [0.3, 0.4) is 0 Å². The first-order valence-corrected chi connectivity index (χ1v) is 7.78. The highest BCUT2D eigenvalue weighted by molar-refractivity contribution is 9.10. The topological polar surface area (TPSA) is 29.3 Å². The zero-order valence-corrected chi connectivity index (χ0v) is 13.7. The summed E-state index contributed by atoms with van der Waals surface area (Å²) >= 11 is 3.46. The van der Waals surface area contributed by atoms with Gasteiger partial charge in [0.05, 0.1) is 0 Å². The van der Waals surface area contributed by atoms with Gasteiger partial charge in [0.25, 0.3) is 0 Å². The first kappa shape index (κ1) is 16.1. The molecule has 2 aromatic carbocycles. The Hall–Kier alpha value is -1.23. The molecule has 0 aliphatic heterocycles. The van der Waals surface area contributed by atoms with E-state index < -0.39 is 0 Å². The molecule has 2 rings (SSSR count). The molecule has 0 heterocycles. The molecule has 0 saturated heterocycles. The van der Waals surface area contributed by atoms with Gasteiger partial charge in [-0.3, -0.25) is 0 Å². The lowest BCUT2D eigenvalue weighted by molar-refractivity contribution is 0.311. The van der Waals surface area contributed by atoms with Gasteiger partial charge in [0.15, 0.2) is 0 Å². The largest absolute Gasteiger partial charge is 0.324 e. The molecular formula is C17H20BrFN2. The Labute approximate surface area is 133 Å². The molecule has 2 aromatic rings. The third-order valence-electron chi connectivity index (χ3n) is 3.44. The van der Waals surface area contributed by atoms with Gasteiger partial charge in [0.1, 0.15) is 5.82 Å². The molecule has 0 fully saturated rings. The number of nitrogens with zero attached hydrogens (tertiary/aromatic N) is 1. The lowest BCUT2D eigenvalue weighted by Gasteiger charge is -2.20. The first-order valence-electron chi connectivity index (χ1n) is 6.98. The van der Waals surface area contributed by atoms with Crippen molar-refractivity contribution in [1.82, 2.24) is 4.90 Å². The summed E-state index contributed by atoms with van der Waals surface area (Å²) in [6, 6.07) is 14.8. The fourth-order valence-corrected chi connectivity index (χ4v) is 2.71. The molecule has 112 valence electrons. The van der Waals surface area contributed by atoms with E-state index in [2.05, 4.69) is 26.9 Å². The monoisotopic (exact) mass is 350 g/mol. The third kappa shape index (κ3) is 5.23. The highest BCUT2D eigenvalue weighted by atomic mass is 79.9. The fraction of sp³-hybridized carbons (Fsp3) is 0.294. The second-order valence-corrected chi connectivity index (χ2v) is 6.23. The molecule has 0 spiro atoms. The van der Waals surface area contributed by atoms with Crippen LogP contribution in [0, 0.1) is 5.82 Å². The molecule has 0 bridgehead atoms. The van der Waals surface area contributed by atoms with Crippen LogP contribution in [-0.4, -0.2) is 18.5 Å². The van der Waals surface area contributed by atoms with Crippen LogP contribution in [0.1, 0.15) is 23.6 Å². The Bertz CT molecular complexity index is 589. The molecule has 1 atom stereocenters. The van der Waals surface area contributed by atoms with Gasteiger partial charge in [0.2, 0.25) is 0 Å². The molecule has 0 aliphatic carbocycles. The van der Waals surface area contributed by atoms with Gasteiger partial charge in [-0.2, -0.15) is 0 Å². The summed E-state index contributed by atoms with van der Waals surface area (Å²) in [7, 11) is 2.03. The molecular weight excluding hydrogens is 331 g/mol. The number of nitrogens with two attached hydrogens (primary N) is 1. The predicted octanol–water partition coefficient (Wildman–Crippen LogP) is 4.11. The number of hydrogen-bond donors (Lipinski definition) is 1.